The van der Waals surface area contributed by atoms with Crippen molar-refractivity contribution in [2.45, 2.75) is 0 Å². The van der Waals surface area contributed by atoms with E-state index >= 15 is 0 Å². The Kier molecular flexibility index (Phi) is 5.70. The third-order valence-corrected chi connectivity index (χ3v) is 4.63. The van der Waals surface area contributed by atoms with E-state index < -0.39 is 18.5 Å². The second kappa shape index (κ2) is 8.57. The summed E-state index contributed by atoms with van der Waals surface area (Å²) in [5, 5.41) is 3.96. The van der Waals surface area contributed by atoms with Gasteiger partial charge in [-0.1, -0.05) is 41.4 Å². The quantitative estimate of drug-likeness (QED) is 0.408. The lowest BCUT2D eigenvalue weighted by Gasteiger charge is -2.10. The molecule has 0 bridgehead atoms. The molecule has 0 saturated carbocycles. The van der Waals surface area contributed by atoms with Gasteiger partial charge >= 0.3 is 5.97 Å². The molecule has 0 saturated heterocycles. The highest BCUT2D eigenvalue weighted by Gasteiger charge is 2.17. The molecule has 8 heteroatoms. The van der Waals surface area contributed by atoms with Gasteiger partial charge in [-0.25, -0.2) is 9.78 Å². The molecule has 0 atom stereocenters. The van der Waals surface area contributed by atoms with Crippen molar-refractivity contribution < 1.29 is 18.7 Å². The largest absolute Gasteiger partial charge is 0.463 e. The number of rotatable bonds is 5. The van der Waals surface area contributed by atoms with Gasteiger partial charge < -0.3 is 14.5 Å². The first-order valence-corrected chi connectivity index (χ1v) is 9.62. The average Bonchev–Trinajstić information content (AvgIpc) is 3.25. The molecule has 4 aromatic rings. The summed E-state index contributed by atoms with van der Waals surface area (Å²) in [7, 11) is 0. The van der Waals surface area contributed by atoms with Crippen LogP contribution in [-0.2, 0) is 9.53 Å². The molecule has 0 spiro atoms. The molecule has 2 aromatic heterocycles. The predicted molar refractivity (Wildman–Crippen MR) is 115 cm³/mol. The minimum Gasteiger partial charge on any atom is -0.463 e. The number of carbonyl (C=O) groups is 2. The van der Waals surface area contributed by atoms with Crippen LogP contribution >= 0.6 is 23.2 Å². The first-order valence-electron chi connectivity index (χ1n) is 8.86. The van der Waals surface area contributed by atoms with Gasteiger partial charge in [-0.3, -0.25) is 4.79 Å². The number of esters is 1. The number of fused-ring (bicyclic) bond motifs is 1. The maximum absolute atomic E-state index is 12.7. The van der Waals surface area contributed by atoms with Gasteiger partial charge in [0.25, 0.3) is 5.91 Å². The van der Waals surface area contributed by atoms with E-state index in [2.05, 4.69) is 10.3 Å². The highest BCUT2D eigenvalue weighted by molar-refractivity contribution is 6.35. The number of halogens is 2. The first-order chi connectivity index (χ1) is 14.5. The number of nitrogens with zero attached hydrogens (tertiary/aromatic N) is 1. The lowest BCUT2D eigenvalue weighted by Crippen LogP contribution is -2.21. The second-order valence-corrected chi connectivity index (χ2v) is 7.20. The minimum absolute atomic E-state index is 0.283. The van der Waals surface area contributed by atoms with Gasteiger partial charge in [-0.05, 0) is 42.5 Å². The van der Waals surface area contributed by atoms with E-state index in [0.29, 0.717) is 38.1 Å². The van der Waals surface area contributed by atoms with Crippen LogP contribution < -0.4 is 5.32 Å². The highest BCUT2D eigenvalue weighted by Crippen LogP contribution is 2.26. The molecule has 0 radical (unpaired) electrons. The van der Waals surface area contributed by atoms with Gasteiger partial charge in [-0.15, -0.1) is 0 Å². The fourth-order valence-corrected chi connectivity index (χ4v) is 3.45. The van der Waals surface area contributed by atoms with E-state index in [1.807, 2.05) is 6.07 Å². The summed E-state index contributed by atoms with van der Waals surface area (Å²) in [5.74, 6) is -0.655. The molecule has 150 valence electrons. The lowest BCUT2D eigenvalue weighted by atomic mass is 10.1. The number of ether oxygens (including phenoxy) is 1. The standard InChI is InChI=1S/C22H14Cl2N2O4/c23-13-8-14(24)10-15(9-13)25-21(27)12-30-22(28)17-11-19(20-6-3-7-29-20)26-18-5-2-1-4-16(17)18/h1-11H,12H2,(H,25,27). The number of hydrogen-bond donors (Lipinski definition) is 1. The van der Waals surface area contributed by atoms with Crippen molar-refractivity contribution in [3.05, 3.63) is 82.5 Å². The van der Waals surface area contributed by atoms with E-state index in [-0.39, 0.29) is 5.56 Å². The van der Waals surface area contributed by atoms with Crippen molar-refractivity contribution in [3.63, 3.8) is 0 Å². The SMILES string of the molecule is O=C(COC(=O)c1cc(-c2ccco2)nc2ccccc12)Nc1cc(Cl)cc(Cl)c1. The summed E-state index contributed by atoms with van der Waals surface area (Å²) >= 11 is 11.8. The minimum atomic E-state index is -0.652. The van der Waals surface area contributed by atoms with Gasteiger partial charge in [0.1, 0.15) is 5.69 Å². The average molecular weight is 441 g/mol. The number of amides is 1. The number of hydrogen-bond acceptors (Lipinski definition) is 5. The fraction of sp³-hybridized carbons (Fsp3) is 0.0455. The Morgan fingerprint density at radius 3 is 2.50 bits per heavy atom. The van der Waals surface area contributed by atoms with Gasteiger partial charge in [-0.2, -0.15) is 0 Å². The zero-order chi connectivity index (χ0) is 21.1. The van der Waals surface area contributed by atoms with Gasteiger partial charge in [0.15, 0.2) is 12.4 Å². The maximum Gasteiger partial charge on any atom is 0.339 e. The zero-order valence-corrected chi connectivity index (χ0v) is 16.9. The molecule has 0 aliphatic rings. The molecule has 2 aromatic carbocycles. The number of aromatic nitrogens is 1. The lowest BCUT2D eigenvalue weighted by molar-refractivity contribution is -0.119. The molecule has 2 heterocycles. The van der Waals surface area contributed by atoms with Crippen molar-refractivity contribution in [1.82, 2.24) is 4.98 Å². The van der Waals surface area contributed by atoms with Gasteiger partial charge in [0.05, 0.1) is 17.3 Å². The van der Waals surface area contributed by atoms with E-state index in [4.69, 9.17) is 32.4 Å². The van der Waals surface area contributed by atoms with Crippen molar-refractivity contribution in [2.24, 2.45) is 0 Å². The predicted octanol–water partition coefficient (Wildman–Crippen LogP) is 5.60. The summed E-state index contributed by atoms with van der Waals surface area (Å²) in [4.78, 5) is 29.5. The van der Waals surface area contributed by atoms with Gasteiger partial charge in [0, 0.05) is 21.1 Å². The monoisotopic (exact) mass is 440 g/mol. The topological polar surface area (TPSA) is 81.4 Å². The molecular formula is C22H14Cl2N2O4. The summed E-state index contributed by atoms with van der Waals surface area (Å²) in [6.07, 6.45) is 1.52. The normalized spacial score (nSPS) is 10.7. The number of nitrogens with one attached hydrogen (secondary N) is 1. The molecular weight excluding hydrogens is 427 g/mol. The number of furan rings is 1. The Labute approximate surface area is 181 Å². The third-order valence-electron chi connectivity index (χ3n) is 4.19. The van der Waals surface area contributed by atoms with Crippen molar-refractivity contribution in [3.8, 4) is 11.5 Å². The fourth-order valence-electron chi connectivity index (χ4n) is 2.93. The summed E-state index contributed by atoms with van der Waals surface area (Å²) < 4.78 is 10.6. The molecule has 1 amide bonds. The Morgan fingerprint density at radius 1 is 1.00 bits per heavy atom. The Hall–Kier alpha value is -3.35. The van der Waals surface area contributed by atoms with E-state index in [0.717, 1.165) is 0 Å². The maximum atomic E-state index is 12.7. The van der Waals surface area contributed by atoms with E-state index in [1.165, 1.54) is 6.26 Å². The molecule has 6 nitrogen and oxygen atoms in total. The number of para-hydroxylation sites is 1. The van der Waals surface area contributed by atoms with Crippen LogP contribution in [0, 0.1) is 0 Å². The molecule has 0 unspecified atom stereocenters. The molecule has 1 N–H and O–H groups in total. The highest BCUT2D eigenvalue weighted by atomic mass is 35.5. The van der Waals surface area contributed by atoms with Crippen LogP contribution in [-0.4, -0.2) is 23.5 Å². The molecule has 4 rings (SSSR count). The van der Waals surface area contributed by atoms with E-state index in [9.17, 15) is 9.59 Å². The number of pyridine rings is 1. The summed E-state index contributed by atoms with van der Waals surface area (Å²) in [5.41, 5.74) is 1.79. The molecule has 0 aliphatic heterocycles. The molecule has 0 fully saturated rings. The van der Waals surface area contributed by atoms with Crippen molar-refractivity contribution in [1.29, 1.82) is 0 Å². The summed E-state index contributed by atoms with van der Waals surface area (Å²) in [6.45, 7) is -0.476. The van der Waals surface area contributed by atoms with Crippen LogP contribution in [0.5, 0.6) is 0 Å². The van der Waals surface area contributed by atoms with Crippen molar-refractivity contribution >= 4 is 51.7 Å². The third kappa shape index (κ3) is 4.45. The molecule has 30 heavy (non-hydrogen) atoms. The second-order valence-electron chi connectivity index (χ2n) is 6.33. The number of benzene rings is 2. The van der Waals surface area contributed by atoms with E-state index in [1.54, 1.807) is 54.6 Å². The van der Waals surface area contributed by atoms with Crippen LogP contribution in [0.4, 0.5) is 5.69 Å². The van der Waals surface area contributed by atoms with Crippen LogP contribution in [0.3, 0.4) is 0 Å². The Bertz CT molecular complexity index is 1220. The Balaban J connectivity index is 1.53. The van der Waals surface area contributed by atoms with Crippen molar-refractivity contribution in [2.75, 3.05) is 11.9 Å². The first kappa shape index (κ1) is 19.9. The molecule has 0 aliphatic carbocycles. The van der Waals surface area contributed by atoms with Crippen LogP contribution in [0.1, 0.15) is 10.4 Å². The smallest absolute Gasteiger partial charge is 0.339 e. The van der Waals surface area contributed by atoms with Crippen LogP contribution in [0.25, 0.3) is 22.4 Å². The van der Waals surface area contributed by atoms with Crippen LogP contribution in [0.2, 0.25) is 10.0 Å². The van der Waals surface area contributed by atoms with Crippen LogP contribution in [0.15, 0.2) is 71.3 Å². The zero-order valence-electron chi connectivity index (χ0n) is 15.4. The van der Waals surface area contributed by atoms with Gasteiger partial charge in [0.2, 0.25) is 0 Å². The Morgan fingerprint density at radius 2 is 1.77 bits per heavy atom. The number of carbonyl (C=O) groups excluding carboxylic acids is 2. The summed E-state index contributed by atoms with van der Waals surface area (Å²) in [6, 6.07) is 16.8. The number of anilines is 1.